The number of carbonyl (C=O) groups excluding carboxylic acids is 1. The molecule has 1 amide bonds. The Hall–Kier alpha value is -4.25. The molecule has 0 radical (unpaired) electrons. The maximum atomic E-state index is 12.8. The van der Waals surface area contributed by atoms with Gasteiger partial charge in [-0.05, 0) is 55.5 Å². The molecular weight excluding hydrogens is 498 g/mol. The van der Waals surface area contributed by atoms with Crippen molar-refractivity contribution >= 4 is 27.8 Å². The van der Waals surface area contributed by atoms with Crippen LogP contribution in [-0.4, -0.2) is 54.2 Å². The fourth-order valence-corrected chi connectivity index (χ4v) is 4.71. The molecule has 3 aromatic carbocycles. The molecule has 0 aromatic heterocycles. The first-order chi connectivity index (χ1) is 17.7. The normalized spacial score (nSPS) is 12.0. The molecular formula is C26H29N3O7S. The molecule has 196 valence electrons. The third-order valence-corrected chi connectivity index (χ3v) is 6.48. The zero-order valence-corrected chi connectivity index (χ0v) is 22.0. The Morgan fingerprint density at radius 1 is 0.919 bits per heavy atom. The first kappa shape index (κ1) is 27.3. The van der Waals surface area contributed by atoms with Crippen LogP contribution in [0.15, 0.2) is 71.8 Å². The number of amides is 1. The van der Waals surface area contributed by atoms with E-state index in [1.165, 1.54) is 34.5 Å². The SMILES string of the molecule is COc1cc(/C=N\NC(=O)[C@H](C)N(c2ccc(Oc3ccccc3)cc2)S(C)(=O)=O)cc(OC)c1OC. The fraction of sp³-hybridized carbons (Fsp3) is 0.231. The van der Waals surface area contributed by atoms with Crippen molar-refractivity contribution in [3.63, 3.8) is 0 Å². The van der Waals surface area contributed by atoms with Crippen LogP contribution in [0.2, 0.25) is 0 Å². The van der Waals surface area contributed by atoms with Crippen LogP contribution in [0.5, 0.6) is 28.7 Å². The summed E-state index contributed by atoms with van der Waals surface area (Å²) < 4.78 is 47.9. The van der Waals surface area contributed by atoms with Gasteiger partial charge in [-0.1, -0.05) is 18.2 Å². The van der Waals surface area contributed by atoms with Gasteiger partial charge in [0, 0.05) is 5.56 Å². The van der Waals surface area contributed by atoms with E-state index in [9.17, 15) is 13.2 Å². The highest BCUT2D eigenvalue weighted by Crippen LogP contribution is 2.37. The van der Waals surface area contributed by atoms with Crippen molar-refractivity contribution in [2.24, 2.45) is 5.10 Å². The number of nitrogens with one attached hydrogen (secondary N) is 1. The van der Waals surface area contributed by atoms with Gasteiger partial charge in [-0.2, -0.15) is 5.10 Å². The van der Waals surface area contributed by atoms with Crippen molar-refractivity contribution in [1.82, 2.24) is 5.43 Å². The minimum absolute atomic E-state index is 0.305. The minimum Gasteiger partial charge on any atom is -0.493 e. The zero-order valence-electron chi connectivity index (χ0n) is 21.2. The van der Waals surface area contributed by atoms with Gasteiger partial charge in [0.1, 0.15) is 17.5 Å². The Labute approximate surface area is 216 Å². The number of ether oxygens (including phenoxy) is 4. The van der Waals surface area contributed by atoms with Gasteiger partial charge in [-0.25, -0.2) is 13.8 Å². The number of nitrogens with zero attached hydrogens (tertiary/aromatic N) is 2. The lowest BCUT2D eigenvalue weighted by Gasteiger charge is -2.27. The van der Waals surface area contributed by atoms with Crippen LogP contribution in [0, 0.1) is 0 Å². The van der Waals surface area contributed by atoms with Crippen molar-refractivity contribution in [2.75, 3.05) is 31.9 Å². The summed E-state index contributed by atoms with van der Waals surface area (Å²) >= 11 is 0. The monoisotopic (exact) mass is 527 g/mol. The maximum absolute atomic E-state index is 12.8. The minimum atomic E-state index is -3.80. The molecule has 1 atom stereocenters. The fourth-order valence-electron chi connectivity index (χ4n) is 3.53. The number of hydrogen-bond donors (Lipinski definition) is 1. The van der Waals surface area contributed by atoms with E-state index in [1.807, 2.05) is 30.3 Å². The topological polar surface area (TPSA) is 116 Å². The van der Waals surface area contributed by atoms with E-state index in [2.05, 4.69) is 10.5 Å². The molecule has 10 nitrogen and oxygen atoms in total. The molecule has 0 saturated heterocycles. The van der Waals surface area contributed by atoms with Crippen molar-refractivity contribution in [1.29, 1.82) is 0 Å². The average Bonchev–Trinajstić information content (AvgIpc) is 2.88. The first-order valence-corrected chi connectivity index (χ1v) is 13.0. The summed E-state index contributed by atoms with van der Waals surface area (Å²) in [6, 6.07) is 17.8. The Balaban J connectivity index is 1.75. The quantitative estimate of drug-likeness (QED) is 0.298. The van der Waals surface area contributed by atoms with Crippen molar-refractivity contribution in [3.8, 4) is 28.7 Å². The van der Waals surface area contributed by atoms with Gasteiger partial charge >= 0.3 is 0 Å². The van der Waals surface area contributed by atoms with Gasteiger partial charge in [0.25, 0.3) is 5.91 Å². The molecule has 1 N–H and O–H groups in total. The molecule has 3 aromatic rings. The molecule has 0 aliphatic rings. The van der Waals surface area contributed by atoms with E-state index in [0.717, 1.165) is 10.6 Å². The Morgan fingerprint density at radius 2 is 1.49 bits per heavy atom. The van der Waals surface area contributed by atoms with Crippen LogP contribution in [0.1, 0.15) is 12.5 Å². The highest BCUT2D eigenvalue weighted by molar-refractivity contribution is 7.92. The van der Waals surface area contributed by atoms with Gasteiger partial charge < -0.3 is 18.9 Å². The molecule has 0 aliphatic carbocycles. The Morgan fingerprint density at radius 3 is 2.00 bits per heavy atom. The van der Waals surface area contributed by atoms with E-state index >= 15 is 0 Å². The van der Waals surface area contributed by atoms with E-state index in [4.69, 9.17) is 18.9 Å². The number of benzene rings is 3. The molecule has 3 rings (SSSR count). The molecule has 0 saturated carbocycles. The summed E-state index contributed by atoms with van der Waals surface area (Å²) in [5, 5.41) is 3.97. The van der Waals surface area contributed by atoms with E-state index in [0.29, 0.717) is 40.0 Å². The maximum Gasteiger partial charge on any atom is 0.263 e. The summed E-state index contributed by atoms with van der Waals surface area (Å²) in [5.74, 6) is 1.81. The summed E-state index contributed by atoms with van der Waals surface area (Å²) in [4.78, 5) is 12.8. The number of rotatable bonds is 11. The Bertz CT molecular complexity index is 1320. The number of para-hydroxylation sites is 1. The van der Waals surface area contributed by atoms with E-state index < -0.39 is 22.0 Å². The highest BCUT2D eigenvalue weighted by Gasteiger charge is 2.29. The largest absolute Gasteiger partial charge is 0.493 e. The molecule has 0 unspecified atom stereocenters. The number of hydrogen-bond acceptors (Lipinski definition) is 8. The lowest BCUT2D eigenvalue weighted by Crippen LogP contribution is -2.46. The lowest BCUT2D eigenvalue weighted by molar-refractivity contribution is -0.121. The van der Waals surface area contributed by atoms with Crippen LogP contribution < -0.4 is 28.7 Å². The van der Waals surface area contributed by atoms with Crippen LogP contribution in [-0.2, 0) is 14.8 Å². The van der Waals surface area contributed by atoms with Gasteiger partial charge in [-0.15, -0.1) is 0 Å². The van der Waals surface area contributed by atoms with Crippen LogP contribution in [0.25, 0.3) is 0 Å². The molecule has 0 spiro atoms. The van der Waals surface area contributed by atoms with Crippen molar-refractivity contribution in [3.05, 3.63) is 72.3 Å². The third-order valence-electron chi connectivity index (χ3n) is 5.23. The summed E-state index contributed by atoms with van der Waals surface area (Å²) in [6.07, 6.45) is 2.42. The van der Waals surface area contributed by atoms with Gasteiger partial charge in [0.15, 0.2) is 11.5 Å². The standard InChI is InChI=1S/C26H29N3O7S/c1-18(26(30)28-27-17-19-15-23(33-2)25(35-4)24(16-19)34-3)29(37(5,31)32)20-11-13-22(14-12-20)36-21-9-7-6-8-10-21/h6-18H,1-5H3,(H,28,30)/b27-17-/t18-/m0/s1. The zero-order chi connectivity index (χ0) is 27.0. The summed E-state index contributed by atoms with van der Waals surface area (Å²) in [6.45, 7) is 1.47. The summed E-state index contributed by atoms with van der Waals surface area (Å²) in [5.41, 5.74) is 3.26. The molecule has 0 bridgehead atoms. The third kappa shape index (κ3) is 6.91. The number of sulfonamides is 1. The van der Waals surface area contributed by atoms with Crippen LogP contribution in [0.3, 0.4) is 0 Å². The molecule has 0 aliphatic heterocycles. The van der Waals surface area contributed by atoms with Gasteiger partial charge in [-0.3, -0.25) is 9.10 Å². The van der Waals surface area contributed by atoms with Gasteiger partial charge in [0.2, 0.25) is 15.8 Å². The van der Waals surface area contributed by atoms with Gasteiger partial charge in [0.05, 0.1) is 39.5 Å². The van der Waals surface area contributed by atoms with Crippen LogP contribution >= 0.6 is 0 Å². The van der Waals surface area contributed by atoms with Crippen molar-refractivity contribution in [2.45, 2.75) is 13.0 Å². The molecule has 11 heteroatoms. The number of methoxy groups -OCH3 is 3. The molecule has 37 heavy (non-hydrogen) atoms. The second kappa shape index (κ2) is 12.1. The second-order valence-electron chi connectivity index (χ2n) is 7.84. The lowest BCUT2D eigenvalue weighted by atomic mass is 10.2. The Kier molecular flexibility index (Phi) is 8.96. The van der Waals surface area contributed by atoms with Crippen LogP contribution in [0.4, 0.5) is 5.69 Å². The van der Waals surface area contributed by atoms with E-state index in [1.54, 1.807) is 36.4 Å². The molecule has 0 heterocycles. The summed E-state index contributed by atoms with van der Waals surface area (Å²) in [7, 11) is 0.665. The van der Waals surface area contributed by atoms with Crippen molar-refractivity contribution < 1.29 is 32.2 Å². The second-order valence-corrected chi connectivity index (χ2v) is 9.70. The smallest absolute Gasteiger partial charge is 0.263 e. The predicted molar refractivity (Wildman–Crippen MR) is 142 cm³/mol. The molecule has 0 fully saturated rings. The number of hydrazone groups is 1. The number of anilines is 1. The predicted octanol–water partition coefficient (Wildman–Crippen LogP) is 3.81. The van der Waals surface area contributed by atoms with E-state index in [-0.39, 0.29) is 0 Å². The number of carbonyl (C=O) groups is 1. The first-order valence-electron chi connectivity index (χ1n) is 11.1. The average molecular weight is 528 g/mol. The highest BCUT2D eigenvalue weighted by atomic mass is 32.2.